The molecule has 10 heteroatoms. The Balaban J connectivity index is 1.90. The lowest BCUT2D eigenvalue weighted by Gasteiger charge is -2.32. The molecule has 0 bridgehead atoms. The van der Waals surface area contributed by atoms with Gasteiger partial charge in [0.1, 0.15) is 11.9 Å². The summed E-state index contributed by atoms with van der Waals surface area (Å²) in [6.07, 6.45) is -2.85. The molecule has 154 valence electrons. The highest BCUT2D eigenvalue weighted by Crippen LogP contribution is 2.43. The molecule has 3 heterocycles. The predicted molar refractivity (Wildman–Crippen MR) is 104 cm³/mol. The van der Waals surface area contributed by atoms with E-state index in [1.54, 1.807) is 30.0 Å². The third-order valence-electron chi connectivity index (χ3n) is 5.16. The van der Waals surface area contributed by atoms with Crippen molar-refractivity contribution < 1.29 is 18.0 Å². The molecule has 0 saturated carbocycles. The summed E-state index contributed by atoms with van der Waals surface area (Å²) in [5, 5.41) is 7.09. The molecule has 1 aromatic carbocycles. The highest BCUT2D eigenvalue weighted by atomic mass is 35.5. The highest BCUT2D eigenvalue weighted by Gasteiger charge is 2.41. The second kappa shape index (κ2) is 7.25. The quantitative estimate of drug-likeness (QED) is 0.699. The molecule has 1 fully saturated rings. The first-order chi connectivity index (χ1) is 13.7. The van der Waals surface area contributed by atoms with E-state index in [-0.39, 0.29) is 21.8 Å². The zero-order chi connectivity index (χ0) is 20.9. The Hall–Kier alpha value is -2.19. The van der Waals surface area contributed by atoms with Gasteiger partial charge in [0.25, 0.3) is 5.91 Å². The first-order valence-electron chi connectivity index (χ1n) is 9.06. The molecule has 1 atom stereocenters. The first-order valence-corrected chi connectivity index (χ1v) is 9.82. The van der Waals surface area contributed by atoms with Crippen molar-refractivity contribution in [3.8, 4) is 0 Å². The Morgan fingerprint density at radius 3 is 2.59 bits per heavy atom. The molecule has 2 aliphatic rings. The second-order valence-electron chi connectivity index (χ2n) is 7.07. The van der Waals surface area contributed by atoms with Crippen LogP contribution in [0.1, 0.15) is 37.1 Å². The Bertz CT molecular complexity index is 1010. The summed E-state index contributed by atoms with van der Waals surface area (Å²) in [5.41, 5.74) is 0.135. The van der Waals surface area contributed by atoms with Crippen molar-refractivity contribution in [1.29, 1.82) is 0 Å². The number of carbonyl (C=O) groups is 1. The van der Waals surface area contributed by atoms with Crippen LogP contribution < -0.4 is 5.32 Å². The standard InChI is InChI=1S/C19H17Cl2F3N4O/c1-10-15(18(29)27-7-2-3-8-27)17(11-5-4-6-12(20)16(11)21)28-14(25-10)9-13(26-28)19(22,23)24/h4-6,9,17,25H,2-3,7-8H2,1H3. The predicted octanol–water partition coefficient (Wildman–Crippen LogP) is 5.12. The van der Waals surface area contributed by atoms with E-state index in [1.165, 1.54) is 0 Å². The molecule has 0 spiro atoms. The molecular weight excluding hydrogens is 428 g/mol. The van der Waals surface area contributed by atoms with E-state index in [9.17, 15) is 18.0 Å². The number of hydrogen-bond acceptors (Lipinski definition) is 3. The van der Waals surface area contributed by atoms with Gasteiger partial charge in [-0.05, 0) is 25.8 Å². The van der Waals surface area contributed by atoms with Gasteiger partial charge in [-0.2, -0.15) is 18.3 Å². The number of likely N-dealkylation sites (tertiary alicyclic amines) is 1. The third-order valence-corrected chi connectivity index (χ3v) is 6.00. The van der Waals surface area contributed by atoms with Crippen molar-refractivity contribution in [1.82, 2.24) is 14.7 Å². The number of fused-ring (bicyclic) bond motifs is 1. The van der Waals surface area contributed by atoms with Crippen LogP contribution in [0.4, 0.5) is 19.0 Å². The highest BCUT2D eigenvalue weighted by molar-refractivity contribution is 6.42. The Morgan fingerprint density at radius 2 is 1.93 bits per heavy atom. The van der Waals surface area contributed by atoms with Crippen LogP contribution >= 0.6 is 23.2 Å². The van der Waals surface area contributed by atoms with E-state index >= 15 is 0 Å². The van der Waals surface area contributed by atoms with Crippen LogP contribution in [-0.2, 0) is 11.0 Å². The van der Waals surface area contributed by atoms with Gasteiger partial charge in [0.15, 0.2) is 5.69 Å². The molecule has 0 radical (unpaired) electrons. The van der Waals surface area contributed by atoms with Crippen LogP contribution in [0.5, 0.6) is 0 Å². The number of hydrogen-bond donors (Lipinski definition) is 1. The van der Waals surface area contributed by atoms with E-state index in [0.29, 0.717) is 29.9 Å². The van der Waals surface area contributed by atoms with Crippen molar-refractivity contribution in [3.05, 3.63) is 56.8 Å². The van der Waals surface area contributed by atoms with Crippen LogP contribution in [-0.4, -0.2) is 33.7 Å². The molecule has 1 amide bonds. The van der Waals surface area contributed by atoms with Crippen molar-refractivity contribution in [2.45, 2.75) is 32.0 Å². The van der Waals surface area contributed by atoms with Gasteiger partial charge >= 0.3 is 6.18 Å². The molecule has 2 aromatic rings. The maximum atomic E-state index is 13.3. The zero-order valence-electron chi connectivity index (χ0n) is 15.4. The molecule has 1 N–H and O–H groups in total. The van der Waals surface area contributed by atoms with Crippen molar-refractivity contribution >= 4 is 34.9 Å². The zero-order valence-corrected chi connectivity index (χ0v) is 16.9. The number of allylic oxidation sites excluding steroid dienone is 1. The molecular formula is C19H17Cl2F3N4O. The van der Waals surface area contributed by atoms with Gasteiger partial charge < -0.3 is 10.2 Å². The molecule has 5 nitrogen and oxygen atoms in total. The fourth-order valence-electron chi connectivity index (χ4n) is 3.80. The normalized spacial score (nSPS) is 19.4. The summed E-state index contributed by atoms with van der Waals surface area (Å²) in [6, 6.07) is 4.87. The monoisotopic (exact) mass is 444 g/mol. The lowest BCUT2D eigenvalue weighted by Crippen LogP contribution is -2.36. The topological polar surface area (TPSA) is 50.2 Å². The molecule has 1 aromatic heterocycles. The molecule has 1 unspecified atom stereocenters. The lowest BCUT2D eigenvalue weighted by molar-refractivity contribution is -0.141. The minimum atomic E-state index is -4.62. The van der Waals surface area contributed by atoms with Crippen molar-refractivity contribution in [3.63, 3.8) is 0 Å². The number of nitrogens with zero attached hydrogens (tertiary/aromatic N) is 3. The van der Waals surface area contributed by atoms with Crippen LogP contribution in [0.25, 0.3) is 0 Å². The van der Waals surface area contributed by atoms with E-state index in [1.807, 2.05) is 0 Å². The van der Waals surface area contributed by atoms with Crippen LogP contribution in [0.2, 0.25) is 10.0 Å². The fourth-order valence-corrected chi connectivity index (χ4v) is 4.21. The van der Waals surface area contributed by atoms with Crippen molar-refractivity contribution in [2.75, 3.05) is 18.4 Å². The van der Waals surface area contributed by atoms with Gasteiger partial charge in [0, 0.05) is 30.4 Å². The fraction of sp³-hybridized carbons (Fsp3) is 0.368. The molecule has 2 aliphatic heterocycles. The number of amides is 1. The summed E-state index contributed by atoms with van der Waals surface area (Å²) >= 11 is 12.6. The number of rotatable bonds is 2. The maximum absolute atomic E-state index is 13.3. The number of benzene rings is 1. The van der Waals surface area contributed by atoms with E-state index < -0.39 is 17.9 Å². The summed E-state index contributed by atoms with van der Waals surface area (Å²) in [5.74, 6) is -0.114. The number of alkyl halides is 3. The van der Waals surface area contributed by atoms with Gasteiger partial charge in [-0.3, -0.25) is 4.79 Å². The van der Waals surface area contributed by atoms with E-state index in [4.69, 9.17) is 23.2 Å². The Labute approximate surface area is 175 Å². The summed E-state index contributed by atoms with van der Waals surface area (Å²) in [7, 11) is 0. The number of aromatic nitrogens is 2. The molecule has 4 rings (SSSR count). The second-order valence-corrected chi connectivity index (χ2v) is 7.85. The van der Waals surface area contributed by atoms with Gasteiger partial charge in [-0.1, -0.05) is 35.3 Å². The van der Waals surface area contributed by atoms with Gasteiger partial charge in [0.2, 0.25) is 0 Å². The SMILES string of the molecule is CC1=C(C(=O)N2CCCC2)C(c2cccc(Cl)c2Cl)n2nc(C(F)(F)F)cc2N1. The number of carbonyl (C=O) groups excluding carboxylic acids is 1. The van der Waals surface area contributed by atoms with Crippen LogP contribution in [0.3, 0.4) is 0 Å². The number of halogens is 5. The van der Waals surface area contributed by atoms with E-state index in [2.05, 4.69) is 10.4 Å². The van der Waals surface area contributed by atoms with Gasteiger partial charge in [0.05, 0.1) is 15.6 Å². The minimum Gasteiger partial charge on any atom is -0.344 e. The van der Waals surface area contributed by atoms with E-state index in [0.717, 1.165) is 23.6 Å². The average Bonchev–Trinajstić information content (AvgIpc) is 3.31. The number of nitrogens with one attached hydrogen (secondary N) is 1. The Morgan fingerprint density at radius 1 is 1.24 bits per heavy atom. The average molecular weight is 445 g/mol. The van der Waals surface area contributed by atoms with Crippen LogP contribution in [0.15, 0.2) is 35.5 Å². The van der Waals surface area contributed by atoms with Gasteiger partial charge in [-0.15, -0.1) is 0 Å². The smallest absolute Gasteiger partial charge is 0.344 e. The summed E-state index contributed by atoms with van der Waals surface area (Å²) in [4.78, 5) is 15.0. The Kier molecular flexibility index (Phi) is 5.02. The molecule has 29 heavy (non-hydrogen) atoms. The molecule has 0 aliphatic carbocycles. The van der Waals surface area contributed by atoms with Gasteiger partial charge in [-0.25, -0.2) is 4.68 Å². The lowest BCUT2D eigenvalue weighted by atomic mass is 9.94. The van der Waals surface area contributed by atoms with Crippen LogP contribution in [0, 0.1) is 0 Å². The number of anilines is 1. The maximum Gasteiger partial charge on any atom is 0.435 e. The first kappa shape index (κ1) is 20.1. The largest absolute Gasteiger partial charge is 0.435 e. The summed E-state index contributed by atoms with van der Waals surface area (Å²) in [6.45, 7) is 2.87. The molecule has 1 saturated heterocycles. The third kappa shape index (κ3) is 3.48. The van der Waals surface area contributed by atoms with Crippen molar-refractivity contribution in [2.24, 2.45) is 0 Å². The summed E-state index contributed by atoms with van der Waals surface area (Å²) < 4.78 is 41.1. The minimum absolute atomic E-state index is 0.133.